The van der Waals surface area contributed by atoms with E-state index < -0.39 is 0 Å². The Morgan fingerprint density at radius 3 is 1.29 bits per heavy atom. The molecule has 0 amide bonds. The number of hydrogen-bond donors (Lipinski definition) is 0. The molecule has 0 fully saturated rings. The molecule has 0 saturated heterocycles. The van der Waals surface area contributed by atoms with E-state index in [2.05, 4.69) is 18.7 Å². The van der Waals surface area contributed by atoms with Gasteiger partial charge in [0, 0.05) is 0 Å². The fraction of sp³-hybridized carbons (Fsp3) is 0.400. The summed E-state index contributed by atoms with van der Waals surface area (Å²) in [6, 6.07) is 14.8. The Labute approximate surface area is 197 Å². The summed E-state index contributed by atoms with van der Waals surface area (Å²) in [6.07, 6.45) is 0. The van der Waals surface area contributed by atoms with Crippen molar-refractivity contribution in [1.82, 2.24) is 4.90 Å². The predicted octanol–water partition coefficient (Wildman–Crippen LogP) is 3.96. The van der Waals surface area contributed by atoms with Gasteiger partial charge in [0.25, 0.3) is 0 Å². The second-order valence-corrected chi connectivity index (χ2v) is 6.43. The molecule has 28 heavy (non-hydrogen) atoms. The van der Waals surface area contributed by atoms with Gasteiger partial charge in [-0.15, -0.1) is 0 Å². The average Bonchev–Trinajstić information content (AvgIpc) is 2.75. The molecule has 2 aromatic carbocycles. The van der Waals surface area contributed by atoms with Crippen LogP contribution in [0.3, 0.4) is 0 Å². The molecule has 2 rings (SSSR count). The molecule has 0 aliphatic heterocycles. The van der Waals surface area contributed by atoms with E-state index in [4.69, 9.17) is 50.9 Å². The van der Waals surface area contributed by atoms with Crippen LogP contribution in [0.15, 0.2) is 58.3 Å². The van der Waals surface area contributed by atoms with Crippen LogP contribution in [-0.4, -0.2) is 44.5 Å². The SMILES string of the molecule is CCN(CC)CC[S-].COc1ccc([S-])cc1.COc1ccc([S-])cc1.[O]=[Tc+4]. The minimum absolute atomic E-state index is 0.843. The van der Waals surface area contributed by atoms with Gasteiger partial charge in [0.1, 0.15) is 11.5 Å². The van der Waals surface area contributed by atoms with Crippen molar-refractivity contribution in [3.8, 4) is 11.5 Å². The molecule has 0 heterocycles. The summed E-state index contributed by atoms with van der Waals surface area (Å²) in [5, 5.41) is 0. The first-order chi connectivity index (χ1) is 13.5. The third-order valence-electron chi connectivity index (χ3n) is 3.42. The second kappa shape index (κ2) is 21.0. The van der Waals surface area contributed by atoms with Gasteiger partial charge in [-0.2, -0.15) is 15.5 Å². The fourth-order valence-corrected chi connectivity index (χ4v) is 2.35. The topological polar surface area (TPSA) is 38.8 Å². The maximum atomic E-state index is 8.22. The van der Waals surface area contributed by atoms with Gasteiger partial charge in [-0.05, 0) is 43.9 Å². The average molecular weight is 525 g/mol. The third kappa shape index (κ3) is 16.2. The predicted molar refractivity (Wildman–Crippen MR) is 118 cm³/mol. The van der Waals surface area contributed by atoms with Gasteiger partial charge in [-0.1, -0.05) is 38.1 Å². The summed E-state index contributed by atoms with van der Waals surface area (Å²) >= 11 is 15.4. The Kier molecular flexibility index (Phi) is 22.0. The molecule has 8 heteroatoms. The van der Waals surface area contributed by atoms with Crippen LogP contribution in [0.5, 0.6) is 11.5 Å². The van der Waals surface area contributed by atoms with Gasteiger partial charge in [-0.3, -0.25) is 0 Å². The first kappa shape index (κ1) is 29.4. The first-order valence-electron chi connectivity index (χ1n) is 8.58. The van der Waals surface area contributed by atoms with Gasteiger partial charge >= 0.3 is 22.4 Å². The van der Waals surface area contributed by atoms with Gasteiger partial charge in [-0.25, -0.2) is 0 Å². The van der Waals surface area contributed by atoms with Crippen molar-refractivity contribution in [1.29, 1.82) is 0 Å². The van der Waals surface area contributed by atoms with Crippen molar-refractivity contribution in [2.45, 2.75) is 23.6 Å². The van der Waals surface area contributed by atoms with Crippen LogP contribution < -0.4 is 9.47 Å². The van der Waals surface area contributed by atoms with E-state index in [9.17, 15) is 0 Å². The van der Waals surface area contributed by atoms with Crippen LogP contribution in [0.2, 0.25) is 0 Å². The van der Waals surface area contributed by atoms with Crippen molar-refractivity contribution in [3.05, 3.63) is 48.5 Å². The first-order valence-corrected chi connectivity index (χ1v) is 10.7. The maximum absolute atomic E-state index is 8.22. The molecule has 0 aliphatic rings. The van der Waals surface area contributed by atoms with Crippen LogP contribution in [0.25, 0.3) is 0 Å². The van der Waals surface area contributed by atoms with Crippen LogP contribution >= 0.6 is 0 Å². The molecule has 2 aromatic rings. The summed E-state index contributed by atoms with van der Waals surface area (Å²) in [5.41, 5.74) is 0. The molecule has 0 N–H and O–H groups in total. The summed E-state index contributed by atoms with van der Waals surface area (Å²) in [4.78, 5) is 4.01. The van der Waals surface area contributed by atoms with E-state index in [1.165, 1.54) is 0 Å². The molecule has 0 aromatic heterocycles. The van der Waals surface area contributed by atoms with E-state index in [1.54, 1.807) is 14.2 Å². The van der Waals surface area contributed by atoms with E-state index in [0.717, 1.165) is 65.5 Å². The zero-order valence-electron chi connectivity index (χ0n) is 16.7. The van der Waals surface area contributed by atoms with Gasteiger partial charge in [0.05, 0.1) is 14.2 Å². The standard InChI is InChI=1S/2C7H8OS.C6H15NS.O.Tc/c2*1-8-6-2-4-7(9)5-3-6;1-3-7(4-2)5-6-8;;/h2*2-5,9H,1H3;8H,3-6H2,1-2H3;;/q;;;;+4/p-3. The van der Waals surface area contributed by atoms with Crippen LogP contribution in [0.4, 0.5) is 0 Å². The molecule has 0 bridgehead atoms. The number of rotatable bonds is 6. The second-order valence-electron chi connectivity index (χ2n) is 5.08. The molecule has 0 spiro atoms. The van der Waals surface area contributed by atoms with Gasteiger partial charge in [0.2, 0.25) is 0 Å². The molecule has 0 aliphatic carbocycles. The van der Waals surface area contributed by atoms with E-state index in [-0.39, 0.29) is 0 Å². The van der Waals surface area contributed by atoms with Crippen LogP contribution in [0.1, 0.15) is 13.8 Å². The summed E-state index contributed by atoms with van der Waals surface area (Å²) in [7, 11) is 3.27. The zero-order chi connectivity index (χ0) is 21.8. The molecule has 0 radical (unpaired) electrons. The van der Waals surface area contributed by atoms with E-state index >= 15 is 0 Å². The quantitative estimate of drug-likeness (QED) is 0.530. The number of benzene rings is 2. The summed E-state index contributed by atoms with van der Waals surface area (Å²) < 4.78 is 18.1. The van der Waals surface area contributed by atoms with Crippen molar-refractivity contribution >= 4 is 37.9 Å². The summed E-state index contributed by atoms with van der Waals surface area (Å²) in [5.74, 6) is 2.56. The number of hydrogen-bond acceptors (Lipinski definition) is 7. The molecule has 155 valence electrons. The van der Waals surface area contributed by atoms with Crippen molar-refractivity contribution < 1.29 is 31.8 Å². The molecule has 0 saturated carbocycles. The normalized spacial score (nSPS) is 9.00. The van der Waals surface area contributed by atoms with Crippen molar-refractivity contribution in [3.63, 3.8) is 0 Å². The minimum atomic E-state index is 0.843. The zero-order valence-corrected chi connectivity index (χ0v) is 21.0. The fourth-order valence-electron chi connectivity index (χ4n) is 1.82. The monoisotopic (exact) mass is 523 g/mol. The van der Waals surface area contributed by atoms with E-state index in [0.29, 0.717) is 0 Å². The van der Waals surface area contributed by atoms with Crippen molar-refractivity contribution in [2.24, 2.45) is 0 Å². The Morgan fingerprint density at radius 1 is 0.786 bits per heavy atom. The van der Waals surface area contributed by atoms with Gasteiger partial charge < -0.3 is 52.3 Å². The Bertz CT molecular complexity index is 537. The van der Waals surface area contributed by atoms with Crippen molar-refractivity contribution in [2.75, 3.05) is 39.6 Å². The molecule has 0 unspecified atom stereocenters. The van der Waals surface area contributed by atoms with Gasteiger partial charge in [0.15, 0.2) is 0 Å². The molecular weight excluding hydrogens is 496 g/mol. The number of methoxy groups -OCH3 is 2. The Balaban J connectivity index is 0. The molecular formula is C20H28NO3S3Tc+. The number of nitrogens with zero attached hydrogens (tertiary/aromatic N) is 1. The van der Waals surface area contributed by atoms with Crippen LogP contribution in [-0.2, 0) is 60.2 Å². The summed E-state index contributed by atoms with van der Waals surface area (Å²) in [6.45, 7) is 7.66. The van der Waals surface area contributed by atoms with Crippen LogP contribution in [0, 0.1) is 0 Å². The molecule has 0 atom stereocenters. The number of ether oxygens (including phenoxy) is 2. The molecule has 4 nitrogen and oxygen atoms in total. The third-order valence-corrected chi connectivity index (χ3v) is 4.15. The van der Waals surface area contributed by atoms with E-state index in [1.807, 2.05) is 48.5 Å². The Morgan fingerprint density at radius 2 is 1.11 bits per heavy atom. The Hall–Kier alpha value is -0.761.